The normalized spacial score (nSPS) is 23.5. The maximum Gasteiger partial charge on any atom is 0.528 e. The van der Waals surface area contributed by atoms with Crippen molar-refractivity contribution >= 4 is 46.4 Å². The quantitative estimate of drug-likeness (QED) is 0.225. The minimum Gasteiger partial charge on any atom is -0.430 e. The number of nitrogens with two attached hydrogens (primary N) is 1. The molecule has 1 aromatic rings. The van der Waals surface area contributed by atoms with Crippen LogP contribution in [0, 0.1) is 0 Å². The highest BCUT2D eigenvalue weighted by molar-refractivity contribution is 8.01. The van der Waals surface area contributed by atoms with E-state index in [9.17, 15) is 14.4 Å². The van der Waals surface area contributed by atoms with Gasteiger partial charge in [-0.3, -0.25) is 9.69 Å². The van der Waals surface area contributed by atoms with Gasteiger partial charge < -0.3 is 29.5 Å². The summed E-state index contributed by atoms with van der Waals surface area (Å²) in [5.74, 6) is -0.142. The lowest BCUT2D eigenvalue weighted by molar-refractivity contribution is -0.272. The average molecular weight is 498 g/mol. The van der Waals surface area contributed by atoms with Gasteiger partial charge in [-0.1, -0.05) is 53.5 Å². The van der Waals surface area contributed by atoms with Gasteiger partial charge in [0.25, 0.3) is 5.91 Å². The molecule has 13 nitrogen and oxygen atoms in total. The van der Waals surface area contributed by atoms with Crippen LogP contribution in [0.15, 0.2) is 41.1 Å². The first-order valence-corrected chi connectivity index (χ1v) is 11.3. The molecule has 0 spiro atoms. The minimum atomic E-state index is -0.997. The Morgan fingerprint density at radius 1 is 1.24 bits per heavy atom. The van der Waals surface area contributed by atoms with Crippen molar-refractivity contribution in [3.8, 4) is 0 Å². The number of carbonyl (C=O) groups excluding carboxylic acids is 3. The van der Waals surface area contributed by atoms with E-state index >= 15 is 0 Å². The summed E-state index contributed by atoms with van der Waals surface area (Å²) in [4.78, 5) is 43.3. The van der Waals surface area contributed by atoms with Crippen molar-refractivity contribution in [2.45, 2.75) is 22.5 Å². The number of anilines is 1. The van der Waals surface area contributed by atoms with Crippen LogP contribution in [0.4, 0.5) is 14.7 Å². The molecule has 1 amide bonds. The molecule has 0 radical (unpaired) electrons. The van der Waals surface area contributed by atoms with Gasteiger partial charge in [-0.15, -0.1) is 10.2 Å². The van der Waals surface area contributed by atoms with Crippen LogP contribution in [0.5, 0.6) is 0 Å². The van der Waals surface area contributed by atoms with Crippen molar-refractivity contribution in [3.63, 3.8) is 0 Å². The van der Waals surface area contributed by atoms with Crippen LogP contribution < -0.4 is 5.73 Å². The number of aromatic nitrogens is 2. The highest BCUT2D eigenvalue weighted by atomic mass is 32.2. The van der Waals surface area contributed by atoms with Gasteiger partial charge in [0.2, 0.25) is 11.0 Å². The number of ether oxygens (including phenoxy) is 4. The molecule has 0 aliphatic carbocycles. The van der Waals surface area contributed by atoms with Gasteiger partial charge in [0.05, 0.1) is 6.04 Å². The van der Waals surface area contributed by atoms with Crippen molar-refractivity contribution in [1.82, 2.24) is 20.2 Å². The fourth-order valence-electron chi connectivity index (χ4n) is 3.48. The lowest BCUT2D eigenvalue weighted by atomic mass is 9.90. The number of carbonyl (C=O) groups is 3. The Kier molecular flexibility index (Phi) is 6.83. The van der Waals surface area contributed by atoms with E-state index in [1.807, 2.05) is 0 Å². The van der Waals surface area contributed by atoms with Gasteiger partial charge >= 0.3 is 12.3 Å². The second kappa shape index (κ2) is 9.78. The van der Waals surface area contributed by atoms with Crippen molar-refractivity contribution in [3.05, 3.63) is 36.8 Å². The van der Waals surface area contributed by atoms with Crippen LogP contribution >= 0.6 is 23.1 Å². The fourth-order valence-corrected chi connectivity index (χ4v) is 5.16. The Morgan fingerprint density at radius 3 is 2.64 bits per heavy atom. The smallest absolute Gasteiger partial charge is 0.430 e. The molecular weight excluding hydrogens is 478 g/mol. The molecule has 4 heterocycles. The van der Waals surface area contributed by atoms with Crippen LogP contribution in [-0.4, -0.2) is 82.3 Å². The maximum atomic E-state index is 12.9. The predicted octanol–water partition coefficient (Wildman–Crippen LogP) is 1.27. The van der Waals surface area contributed by atoms with E-state index in [4.69, 9.17) is 29.5 Å². The van der Waals surface area contributed by atoms with E-state index in [0.717, 1.165) is 5.06 Å². The first-order chi connectivity index (χ1) is 15.9. The second-order valence-electron chi connectivity index (χ2n) is 6.70. The summed E-state index contributed by atoms with van der Waals surface area (Å²) in [7, 11) is 0. The standard InChI is InChI=1S/C18H19N5O8S2/c1-3-5-27-17(25)30-14-9(7-32-16-21-20-15(19)33-16)12-10-11(13(24)23(10)14)22(8-29-12)31-18(26)28-6-4-2/h3-4,10-12H,1-2,5-8H2,(H2,19,20)/t10-,11-,12?/m0/s1. The summed E-state index contributed by atoms with van der Waals surface area (Å²) in [6.07, 6.45) is 0.171. The zero-order valence-corrected chi connectivity index (χ0v) is 18.7. The Labute approximate surface area is 195 Å². The lowest BCUT2D eigenvalue weighted by Crippen LogP contribution is -2.74. The molecule has 3 aliphatic rings. The third-order valence-electron chi connectivity index (χ3n) is 4.73. The second-order valence-corrected chi connectivity index (χ2v) is 8.93. The third-order valence-corrected chi connectivity index (χ3v) is 6.67. The molecule has 2 fully saturated rings. The van der Waals surface area contributed by atoms with Crippen LogP contribution in [0.3, 0.4) is 0 Å². The molecule has 0 bridgehead atoms. The van der Waals surface area contributed by atoms with E-state index in [-0.39, 0.29) is 31.6 Å². The van der Waals surface area contributed by atoms with Crippen molar-refractivity contribution in [1.29, 1.82) is 0 Å². The maximum absolute atomic E-state index is 12.9. The summed E-state index contributed by atoms with van der Waals surface area (Å²) >= 11 is 2.49. The van der Waals surface area contributed by atoms with Gasteiger partial charge in [-0.25, -0.2) is 9.59 Å². The summed E-state index contributed by atoms with van der Waals surface area (Å²) in [6, 6.07) is -1.40. The lowest BCUT2D eigenvalue weighted by Gasteiger charge is -2.50. The fraction of sp³-hybridized carbons (Fsp3) is 0.389. The van der Waals surface area contributed by atoms with Crippen molar-refractivity contribution in [2.24, 2.45) is 0 Å². The number of β-lactam (4-membered cyclic amide) rings is 1. The zero-order valence-electron chi connectivity index (χ0n) is 17.1. The van der Waals surface area contributed by atoms with Crippen LogP contribution in [0.2, 0.25) is 0 Å². The van der Waals surface area contributed by atoms with E-state index in [1.165, 1.54) is 40.2 Å². The number of nitrogens with zero attached hydrogens (tertiary/aromatic N) is 4. The molecule has 2 N–H and O–H groups in total. The Balaban J connectivity index is 1.52. The Bertz CT molecular complexity index is 1010. The molecule has 2 saturated heterocycles. The first kappa shape index (κ1) is 23.0. The largest absolute Gasteiger partial charge is 0.528 e. The summed E-state index contributed by atoms with van der Waals surface area (Å²) < 4.78 is 21.5. The van der Waals surface area contributed by atoms with Crippen molar-refractivity contribution in [2.75, 3.05) is 31.4 Å². The van der Waals surface area contributed by atoms with Crippen LogP contribution in [0.1, 0.15) is 0 Å². The predicted molar refractivity (Wildman–Crippen MR) is 113 cm³/mol. The number of nitrogen functional groups attached to an aromatic ring is 1. The van der Waals surface area contributed by atoms with Gasteiger partial charge in [-0.2, -0.15) is 0 Å². The molecule has 3 atom stereocenters. The number of hydrogen-bond acceptors (Lipinski definition) is 14. The molecule has 0 saturated carbocycles. The van der Waals surface area contributed by atoms with E-state index < -0.39 is 36.4 Å². The van der Waals surface area contributed by atoms with E-state index in [2.05, 4.69) is 23.4 Å². The number of hydrogen-bond donors (Lipinski definition) is 1. The van der Waals surface area contributed by atoms with E-state index in [0.29, 0.717) is 15.0 Å². The molecular formula is C18H19N5O8S2. The first-order valence-electron chi connectivity index (χ1n) is 9.51. The molecule has 4 rings (SSSR count). The molecule has 1 aromatic heterocycles. The van der Waals surface area contributed by atoms with Gasteiger partial charge in [0.15, 0.2) is 10.4 Å². The molecule has 0 aromatic carbocycles. The van der Waals surface area contributed by atoms with Crippen LogP contribution in [0.25, 0.3) is 0 Å². The van der Waals surface area contributed by atoms with Crippen LogP contribution in [-0.2, 0) is 28.6 Å². The topological polar surface area (TPSA) is 156 Å². The molecule has 176 valence electrons. The van der Waals surface area contributed by atoms with Gasteiger partial charge in [-0.05, 0) is 0 Å². The number of rotatable bonds is 9. The molecule has 33 heavy (non-hydrogen) atoms. The monoisotopic (exact) mass is 497 g/mol. The van der Waals surface area contributed by atoms with E-state index in [1.54, 1.807) is 0 Å². The molecule has 1 unspecified atom stereocenters. The van der Waals surface area contributed by atoms with Gasteiger partial charge in [0, 0.05) is 11.3 Å². The van der Waals surface area contributed by atoms with Gasteiger partial charge in [0.1, 0.15) is 26.0 Å². The average Bonchev–Trinajstić information content (AvgIpc) is 3.33. The zero-order chi connectivity index (χ0) is 23.5. The number of thioether (sulfide) groups is 1. The Hall–Kier alpha value is -3.14. The number of amides is 1. The molecule has 3 aliphatic heterocycles. The molecule has 15 heteroatoms. The summed E-state index contributed by atoms with van der Waals surface area (Å²) in [6.45, 7) is 6.62. The minimum absolute atomic E-state index is 0.0152. The highest BCUT2D eigenvalue weighted by Crippen LogP contribution is 2.47. The highest BCUT2D eigenvalue weighted by Gasteiger charge is 2.65. The summed E-state index contributed by atoms with van der Waals surface area (Å²) in [5, 5.41) is 9.13. The van der Waals surface area contributed by atoms with Crippen molar-refractivity contribution < 1.29 is 38.2 Å². The SMILES string of the molecule is C=CCOC(=O)OC1=C(CSc2nnc(N)s2)C2OCN(OC(=O)OCC=C)[C@@H]3C(=O)N1[C@H]23. The third kappa shape index (κ3) is 4.52. The Morgan fingerprint density at radius 2 is 1.97 bits per heavy atom. The number of hydroxylamine groups is 2. The summed E-state index contributed by atoms with van der Waals surface area (Å²) in [5.41, 5.74) is 6.17.